The van der Waals surface area contributed by atoms with Gasteiger partial charge >= 0.3 is 11.8 Å². The van der Waals surface area contributed by atoms with Crippen molar-refractivity contribution in [2.45, 2.75) is 65.1 Å². The van der Waals surface area contributed by atoms with E-state index in [1.807, 2.05) is 46.7 Å². The van der Waals surface area contributed by atoms with Gasteiger partial charge in [0.05, 0.1) is 25.1 Å². The molecule has 4 rings (SSSR count). The van der Waals surface area contributed by atoms with Gasteiger partial charge in [-0.3, -0.25) is 19.5 Å². The summed E-state index contributed by atoms with van der Waals surface area (Å²) in [5.74, 6) is 0. The average Bonchev–Trinajstić information content (AvgIpc) is 3.70. The van der Waals surface area contributed by atoms with Crippen LogP contribution < -0.4 is 16.2 Å². The summed E-state index contributed by atoms with van der Waals surface area (Å²) in [6, 6.07) is 13.3. The first kappa shape index (κ1) is 33.2. The topological polar surface area (TPSA) is 108 Å². The molecule has 2 N–H and O–H groups in total. The van der Waals surface area contributed by atoms with Gasteiger partial charge < -0.3 is 9.84 Å². The number of hydrazine groups is 2. The number of carboxylic acid groups (broad SMARTS) is 1. The second-order valence-electron chi connectivity index (χ2n) is 12.9. The minimum absolute atomic E-state index is 0.134. The fourth-order valence-electron chi connectivity index (χ4n) is 4.38. The van der Waals surface area contributed by atoms with Crippen molar-refractivity contribution in [2.75, 3.05) is 24.9 Å². The number of hydrogen-bond donors (Lipinski definition) is 2. The predicted octanol–water partition coefficient (Wildman–Crippen LogP) is 5.78. The molecule has 238 valence electrons. The monoisotopic (exact) mass is 643 g/mol. The van der Waals surface area contributed by atoms with E-state index in [2.05, 4.69) is 42.4 Å². The molecule has 14 heteroatoms. The smallest absolute Gasteiger partial charge is 0.408 e. The molecule has 0 saturated carbocycles. The number of hydrogen-bond acceptors (Lipinski definition) is 8. The number of ether oxygens (including phenoxy) is 1. The zero-order chi connectivity index (χ0) is 32.1. The van der Waals surface area contributed by atoms with Gasteiger partial charge in [0.15, 0.2) is 0 Å². The molecule has 0 bridgehead atoms. The molecule has 1 aliphatic heterocycles. The van der Waals surface area contributed by atoms with E-state index in [1.54, 1.807) is 32.1 Å². The zero-order valence-corrected chi connectivity index (χ0v) is 28.0. The molecule has 0 aliphatic carbocycles. The van der Waals surface area contributed by atoms with Crippen LogP contribution in [0.15, 0.2) is 71.8 Å². The molecule has 11 nitrogen and oxygen atoms in total. The third kappa shape index (κ3) is 8.91. The Hall–Kier alpha value is -3.72. The van der Waals surface area contributed by atoms with E-state index in [0.717, 1.165) is 43.2 Å². The standard InChI is InChI=1S/C30H42FN7O4SSi/c1-30(2,3)36(29(40)41)18-23(17-31)19-38-28(39)34(21-32-38)20-26-11-12-27(43-26)24-7-9-25(10-8-24)37-14-13-35(33-37)22-42-15-16-44(4,5)6/h7-14,17,21,33H,15-16,18-20,22H2,1-6H3,(H,40,41)/b23-17+. The molecule has 44 heavy (non-hydrogen) atoms. The predicted molar refractivity (Wildman–Crippen MR) is 175 cm³/mol. The summed E-state index contributed by atoms with van der Waals surface area (Å²) in [4.78, 5) is 27.8. The summed E-state index contributed by atoms with van der Waals surface area (Å²) >= 11 is 1.58. The molecular formula is C30H42FN7O4SSi. The second-order valence-corrected chi connectivity index (χ2v) is 19.7. The van der Waals surface area contributed by atoms with Crippen LogP contribution >= 0.6 is 11.3 Å². The summed E-state index contributed by atoms with van der Waals surface area (Å²) in [6.07, 6.45) is 4.51. The molecule has 0 atom stereocenters. The molecule has 2 aromatic heterocycles. The van der Waals surface area contributed by atoms with E-state index in [4.69, 9.17) is 4.74 Å². The number of thiophene rings is 1. The summed E-state index contributed by atoms with van der Waals surface area (Å²) in [7, 11) is -1.11. The van der Waals surface area contributed by atoms with Gasteiger partial charge in [-0.1, -0.05) is 31.8 Å². The maximum Gasteiger partial charge on any atom is 0.408 e. The summed E-state index contributed by atoms with van der Waals surface area (Å²) in [5, 5.41) is 17.5. The first-order valence-electron chi connectivity index (χ1n) is 14.4. The SMILES string of the molecule is CC(C)(C)N(C/C(=C\F)Cn1ncn(Cc2ccc(-c3ccc(N4C=CN(COCC[Si](C)(C)C)N4)cc3)s2)c1=O)C(=O)O. The van der Waals surface area contributed by atoms with Gasteiger partial charge in [0.2, 0.25) is 0 Å². The minimum Gasteiger partial charge on any atom is -0.465 e. The molecule has 1 aromatic carbocycles. The van der Waals surface area contributed by atoms with Crippen LogP contribution in [0.1, 0.15) is 25.6 Å². The maximum atomic E-state index is 13.7. The molecule has 0 spiro atoms. The number of nitrogens with one attached hydrogen (secondary N) is 1. The highest BCUT2D eigenvalue weighted by atomic mass is 32.1. The van der Waals surface area contributed by atoms with Crippen LogP contribution in [-0.2, 0) is 17.8 Å². The highest BCUT2D eigenvalue weighted by molar-refractivity contribution is 7.15. The Labute approximate surface area is 262 Å². The number of nitrogens with zero attached hydrogens (tertiary/aromatic N) is 6. The highest BCUT2D eigenvalue weighted by Crippen LogP contribution is 2.30. The van der Waals surface area contributed by atoms with Gasteiger partial charge in [0.1, 0.15) is 13.1 Å². The van der Waals surface area contributed by atoms with Crippen LogP contribution in [0.4, 0.5) is 14.9 Å². The van der Waals surface area contributed by atoms with Crippen molar-refractivity contribution in [1.29, 1.82) is 0 Å². The number of anilines is 1. The van der Waals surface area contributed by atoms with E-state index in [0.29, 0.717) is 19.6 Å². The van der Waals surface area contributed by atoms with E-state index in [-0.39, 0.29) is 18.7 Å². The second kappa shape index (κ2) is 13.9. The lowest BCUT2D eigenvalue weighted by Gasteiger charge is -2.33. The molecule has 0 radical (unpaired) electrons. The van der Waals surface area contributed by atoms with E-state index < -0.39 is 25.4 Å². The van der Waals surface area contributed by atoms with E-state index >= 15 is 0 Å². The minimum atomic E-state index is -1.16. The van der Waals surface area contributed by atoms with Crippen molar-refractivity contribution in [3.05, 3.63) is 82.4 Å². The van der Waals surface area contributed by atoms with Crippen molar-refractivity contribution in [3.63, 3.8) is 0 Å². The molecule has 3 aromatic rings. The largest absolute Gasteiger partial charge is 0.465 e. The van der Waals surface area contributed by atoms with Crippen LogP contribution in [0.2, 0.25) is 25.7 Å². The fourth-order valence-corrected chi connectivity index (χ4v) is 6.15. The van der Waals surface area contributed by atoms with Crippen molar-refractivity contribution in [3.8, 4) is 10.4 Å². The Kier molecular flexibility index (Phi) is 10.5. The van der Waals surface area contributed by atoms with Gasteiger partial charge in [-0.2, -0.15) is 5.10 Å². The lowest BCUT2D eigenvalue weighted by Crippen LogP contribution is -2.46. The zero-order valence-electron chi connectivity index (χ0n) is 26.2. The molecule has 3 heterocycles. The Morgan fingerprint density at radius 2 is 1.89 bits per heavy atom. The normalized spacial score (nSPS) is 14.1. The number of amides is 1. The Bertz CT molecular complexity index is 1540. The molecular weight excluding hydrogens is 602 g/mol. The van der Waals surface area contributed by atoms with Gasteiger partial charge in [-0.15, -0.1) is 16.9 Å². The van der Waals surface area contributed by atoms with Crippen LogP contribution in [0, 0.1) is 0 Å². The Balaban J connectivity index is 1.32. The lowest BCUT2D eigenvalue weighted by molar-refractivity contribution is 0.0416. The van der Waals surface area contributed by atoms with E-state index in [9.17, 15) is 19.1 Å². The number of benzene rings is 1. The highest BCUT2D eigenvalue weighted by Gasteiger charge is 2.27. The third-order valence-electron chi connectivity index (χ3n) is 6.98. The van der Waals surface area contributed by atoms with Crippen molar-refractivity contribution >= 4 is 31.2 Å². The average molecular weight is 644 g/mol. The first-order valence-corrected chi connectivity index (χ1v) is 18.9. The summed E-state index contributed by atoms with van der Waals surface area (Å²) < 4.78 is 22.1. The van der Waals surface area contributed by atoms with Gasteiger partial charge in [0, 0.05) is 48.9 Å². The number of halogens is 1. The molecule has 1 amide bonds. The molecule has 0 fully saturated rings. The van der Waals surface area contributed by atoms with Crippen LogP contribution in [0.25, 0.3) is 10.4 Å². The molecule has 0 saturated heterocycles. The Morgan fingerprint density at radius 3 is 2.52 bits per heavy atom. The number of rotatable bonds is 13. The fraction of sp³-hybridized carbons (Fsp3) is 0.433. The van der Waals surface area contributed by atoms with Crippen LogP contribution in [-0.4, -0.2) is 69.0 Å². The summed E-state index contributed by atoms with van der Waals surface area (Å²) in [5.41, 5.74) is 4.34. The molecule has 1 aliphatic rings. The number of carbonyl (C=O) groups is 1. The molecule has 0 unspecified atom stereocenters. The first-order chi connectivity index (χ1) is 20.7. The van der Waals surface area contributed by atoms with Crippen molar-refractivity contribution in [1.82, 2.24) is 29.8 Å². The lowest BCUT2D eigenvalue weighted by atomic mass is 10.1. The summed E-state index contributed by atoms with van der Waals surface area (Å²) in [6.45, 7) is 13.4. The maximum absolute atomic E-state index is 13.7. The van der Waals surface area contributed by atoms with Gasteiger partial charge in [-0.25, -0.2) is 18.7 Å². The Morgan fingerprint density at radius 1 is 1.16 bits per heavy atom. The number of aromatic nitrogens is 3. The van der Waals surface area contributed by atoms with Gasteiger partial charge in [0.25, 0.3) is 0 Å². The van der Waals surface area contributed by atoms with Crippen molar-refractivity contribution in [2.24, 2.45) is 0 Å². The van der Waals surface area contributed by atoms with Crippen molar-refractivity contribution < 1.29 is 19.0 Å². The van der Waals surface area contributed by atoms with Gasteiger partial charge in [-0.05, 0) is 62.2 Å². The quantitative estimate of drug-likeness (QED) is 0.178. The van der Waals surface area contributed by atoms with Crippen LogP contribution in [0.5, 0.6) is 0 Å². The van der Waals surface area contributed by atoms with E-state index in [1.165, 1.54) is 10.9 Å². The van der Waals surface area contributed by atoms with Crippen LogP contribution in [0.3, 0.4) is 0 Å². The third-order valence-corrected chi connectivity index (χ3v) is 9.81.